The van der Waals surface area contributed by atoms with E-state index in [9.17, 15) is 9.00 Å². The Bertz CT molecular complexity index is 1220. The molecule has 0 spiro atoms. The summed E-state index contributed by atoms with van der Waals surface area (Å²) in [6.07, 6.45) is 9.70. The minimum atomic E-state index is -2.85. The van der Waals surface area contributed by atoms with Gasteiger partial charge in [-0.2, -0.15) is 0 Å². The van der Waals surface area contributed by atoms with Crippen molar-refractivity contribution in [3.8, 4) is 11.1 Å². The molecule has 4 rings (SSSR count). The van der Waals surface area contributed by atoms with E-state index in [0.717, 1.165) is 41.0 Å². The number of nitrogens with zero attached hydrogens (tertiary/aromatic N) is 1. The standard InChI is InChI=1S/C22H28N4O2S/c1-14-4-6-15(7-5-14)25-20-9-8-16(29(3,23)28)12-18(20)19-13-26(2)22(27)21-17(19)10-11-24-21/h8-15,23-25H,4-7H2,1-3H3/t14-,15-,29?. The zero-order chi connectivity index (χ0) is 20.8. The average molecular weight is 413 g/mol. The van der Waals surface area contributed by atoms with Crippen molar-refractivity contribution in [3.05, 3.63) is 47.0 Å². The topological polar surface area (TPSA) is 90.7 Å². The first-order valence-electron chi connectivity index (χ1n) is 10.1. The van der Waals surface area contributed by atoms with Gasteiger partial charge in [-0.3, -0.25) is 4.79 Å². The van der Waals surface area contributed by atoms with E-state index in [4.69, 9.17) is 4.78 Å². The molecule has 1 aromatic carbocycles. The molecule has 6 nitrogen and oxygen atoms in total. The number of pyridine rings is 1. The van der Waals surface area contributed by atoms with Crippen LogP contribution in [0, 0.1) is 10.7 Å². The lowest BCUT2D eigenvalue weighted by Gasteiger charge is -2.29. The van der Waals surface area contributed by atoms with Crippen molar-refractivity contribution in [2.24, 2.45) is 13.0 Å². The van der Waals surface area contributed by atoms with Gasteiger partial charge in [0.15, 0.2) is 0 Å². The van der Waals surface area contributed by atoms with Crippen molar-refractivity contribution >= 4 is 26.3 Å². The molecular weight excluding hydrogens is 384 g/mol. The maximum Gasteiger partial charge on any atom is 0.274 e. The van der Waals surface area contributed by atoms with Gasteiger partial charge in [0.2, 0.25) is 0 Å². The van der Waals surface area contributed by atoms with Gasteiger partial charge in [0.05, 0.1) is 9.73 Å². The number of anilines is 1. The van der Waals surface area contributed by atoms with E-state index >= 15 is 0 Å². The van der Waals surface area contributed by atoms with Crippen molar-refractivity contribution in [1.82, 2.24) is 9.55 Å². The minimum Gasteiger partial charge on any atom is -0.382 e. The third kappa shape index (κ3) is 3.83. The molecule has 0 aliphatic heterocycles. The van der Waals surface area contributed by atoms with Gasteiger partial charge in [-0.1, -0.05) is 6.92 Å². The highest BCUT2D eigenvalue weighted by molar-refractivity contribution is 7.91. The number of benzene rings is 1. The van der Waals surface area contributed by atoms with E-state index < -0.39 is 9.73 Å². The lowest BCUT2D eigenvalue weighted by molar-refractivity contribution is 0.361. The molecule has 0 radical (unpaired) electrons. The molecule has 0 bridgehead atoms. The van der Waals surface area contributed by atoms with Crippen molar-refractivity contribution in [2.45, 2.75) is 43.5 Å². The quantitative estimate of drug-likeness (QED) is 0.587. The maximum absolute atomic E-state index is 12.5. The first kappa shape index (κ1) is 19.8. The molecule has 1 unspecified atom stereocenters. The molecule has 1 aliphatic carbocycles. The highest BCUT2D eigenvalue weighted by Gasteiger charge is 2.21. The second-order valence-corrected chi connectivity index (χ2v) is 10.5. The Balaban J connectivity index is 1.87. The van der Waals surface area contributed by atoms with Crippen LogP contribution in [-0.4, -0.2) is 26.1 Å². The fraction of sp³-hybridized carbons (Fsp3) is 0.409. The van der Waals surface area contributed by atoms with Crippen molar-refractivity contribution in [1.29, 1.82) is 4.78 Å². The lowest BCUT2D eigenvalue weighted by atomic mass is 9.87. The molecule has 29 heavy (non-hydrogen) atoms. The fourth-order valence-electron chi connectivity index (χ4n) is 4.22. The number of aromatic amines is 1. The van der Waals surface area contributed by atoms with Crippen molar-refractivity contribution in [2.75, 3.05) is 11.6 Å². The summed E-state index contributed by atoms with van der Waals surface area (Å²) in [6.45, 7) is 2.30. The molecular formula is C22H28N4O2S. The second kappa shape index (κ2) is 7.37. The van der Waals surface area contributed by atoms with Crippen LogP contribution < -0.4 is 10.9 Å². The van der Waals surface area contributed by atoms with Crippen LogP contribution in [0.3, 0.4) is 0 Å². The zero-order valence-electron chi connectivity index (χ0n) is 17.1. The van der Waals surface area contributed by atoms with Crippen LogP contribution in [-0.2, 0) is 16.8 Å². The Morgan fingerprint density at radius 3 is 2.59 bits per heavy atom. The molecule has 1 aliphatic rings. The van der Waals surface area contributed by atoms with Crippen molar-refractivity contribution in [3.63, 3.8) is 0 Å². The van der Waals surface area contributed by atoms with E-state index in [1.807, 2.05) is 24.4 Å². The SMILES string of the molecule is Cn1cc(-c2cc(S(C)(=N)=O)ccc2N[C@H]2CC[C@H](C)CC2)c2cc[nH]c2c1=O. The molecule has 1 fully saturated rings. The number of aromatic nitrogens is 2. The highest BCUT2D eigenvalue weighted by Crippen LogP contribution is 2.36. The first-order chi connectivity index (χ1) is 13.7. The van der Waals surface area contributed by atoms with Gasteiger partial charge in [0.1, 0.15) is 5.52 Å². The zero-order valence-corrected chi connectivity index (χ0v) is 17.9. The molecule has 3 N–H and O–H groups in total. The summed E-state index contributed by atoms with van der Waals surface area (Å²) in [6, 6.07) is 7.85. The normalized spacial score (nSPS) is 21.8. The van der Waals surface area contributed by atoms with Gasteiger partial charge < -0.3 is 14.9 Å². The van der Waals surface area contributed by atoms with E-state index in [1.165, 1.54) is 19.1 Å². The number of rotatable bonds is 4. The number of H-pyrrole nitrogens is 1. The molecule has 0 amide bonds. The Kier molecular flexibility index (Phi) is 5.02. The predicted octanol–water partition coefficient (Wildman–Crippen LogP) is 4.56. The average Bonchev–Trinajstić information content (AvgIpc) is 3.16. The summed E-state index contributed by atoms with van der Waals surface area (Å²) in [5.41, 5.74) is 3.19. The van der Waals surface area contributed by atoms with E-state index in [-0.39, 0.29) is 5.56 Å². The van der Waals surface area contributed by atoms with E-state index in [2.05, 4.69) is 17.2 Å². The summed E-state index contributed by atoms with van der Waals surface area (Å²) in [5.74, 6) is 0.770. The Hall–Kier alpha value is -2.54. The van der Waals surface area contributed by atoms with E-state index in [0.29, 0.717) is 16.5 Å². The third-order valence-electron chi connectivity index (χ3n) is 6.00. The lowest BCUT2D eigenvalue weighted by Crippen LogP contribution is -2.25. The summed E-state index contributed by atoms with van der Waals surface area (Å²) in [7, 11) is -1.12. The summed E-state index contributed by atoms with van der Waals surface area (Å²) in [5, 5.41) is 4.52. The summed E-state index contributed by atoms with van der Waals surface area (Å²) < 4.78 is 22.0. The minimum absolute atomic E-state index is 0.0829. The first-order valence-corrected chi connectivity index (χ1v) is 12.0. The second-order valence-electron chi connectivity index (χ2n) is 8.38. The number of hydrogen-bond acceptors (Lipinski definition) is 4. The maximum atomic E-state index is 12.5. The molecule has 0 saturated heterocycles. The number of hydrogen-bond donors (Lipinski definition) is 3. The fourth-order valence-corrected chi connectivity index (χ4v) is 4.89. The van der Waals surface area contributed by atoms with Crippen LogP contribution in [0.15, 0.2) is 46.3 Å². The van der Waals surface area contributed by atoms with Crippen LogP contribution in [0.4, 0.5) is 5.69 Å². The molecule has 7 heteroatoms. The number of fused-ring (bicyclic) bond motifs is 1. The summed E-state index contributed by atoms with van der Waals surface area (Å²) >= 11 is 0. The predicted molar refractivity (Wildman–Crippen MR) is 119 cm³/mol. The van der Waals surface area contributed by atoms with Gasteiger partial charge in [-0.05, 0) is 55.9 Å². The molecule has 2 aromatic heterocycles. The molecule has 3 aromatic rings. The number of aryl methyl sites for hydroxylation is 1. The largest absolute Gasteiger partial charge is 0.382 e. The monoisotopic (exact) mass is 412 g/mol. The van der Waals surface area contributed by atoms with Gasteiger partial charge in [0, 0.05) is 58.8 Å². The van der Waals surface area contributed by atoms with Crippen molar-refractivity contribution < 1.29 is 4.21 Å². The molecule has 1 saturated carbocycles. The van der Waals surface area contributed by atoms with Gasteiger partial charge in [-0.25, -0.2) is 8.99 Å². The van der Waals surface area contributed by atoms with Crippen LogP contribution in [0.2, 0.25) is 0 Å². The van der Waals surface area contributed by atoms with Gasteiger partial charge in [-0.15, -0.1) is 0 Å². The Morgan fingerprint density at radius 1 is 1.17 bits per heavy atom. The third-order valence-corrected chi connectivity index (χ3v) is 7.15. The van der Waals surface area contributed by atoms with Gasteiger partial charge in [0.25, 0.3) is 5.56 Å². The van der Waals surface area contributed by atoms with Gasteiger partial charge >= 0.3 is 0 Å². The van der Waals surface area contributed by atoms with Crippen LogP contribution in [0.1, 0.15) is 32.6 Å². The molecule has 2 heterocycles. The smallest absolute Gasteiger partial charge is 0.274 e. The molecule has 154 valence electrons. The van der Waals surface area contributed by atoms with Crippen LogP contribution in [0.25, 0.3) is 22.0 Å². The highest BCUT2D eigenvalue weighted by atomic mass is 32.2. The van der Waals surface area contributed by atoms with Crippen LogP contribution >= 0.6 is 0 Å². The summed E-state index contributed by atoms with van der Waals surface area (Å²) in [4.78, 5) is 16.0. The van der Waals surface area contributed by atoms with E-state index in [1.54, 1.807) is 23.9 Å². The Morgan fingerprint density at radius 2 is 1.90 bits per heavy atom. The molecule has 1 atom stereocenters. The number of nitrogens with one attached hydrogen (secondary N) is 3. The van der Waals surface area contributed by atoms with Crippen LogP contribution in [0.5, 0.6) is 0 Å². The Labute approximate surface area is 171 Å².